The first kappa shape index (κ1) is 16.5. The first-order valence-electron chi connectivity index (χ1n) is 7.26. The number of aromatic nitrogens is 1. The maximum Gasteiger partial charge on any atom is 0.208 e. The number of hydrogen-bond donors (Lipinski definition) is 0. The fourth-order valence-corrected chi connectivity index (χ4v) is 2.71. The van der Waals surface area contributed by atoms with E-state index in [-0.39, 0.29) is 5.78 Å². The molecular weight excluding hydrogens is 345 g/mol. The van der Waals surface area contributed by atoms with Gasteiger partial charge in [-0.2, -0.15) is 0 Å². The van der Waals surface area contributed by atoms with Crippen molar-refractivity contribution in [3.63, 3.8) is 0 Å². The number of pyridine rings is 1. The molecule has 1 atom stereocenters. The number of hydrogen-bond acceptors (Lipinski definition) is 3. The first-order chi connectivity index (χ1) is 11.6. The Balaban J connectivity index is 1.98. The molecule has 1 aromatic heterocycles. The Morgan fingerprint density at radius 2 is 1.79 bits per heavy atom. The Morgan fingerprint density at radius 3 is 2.46 bits per heavy atom. The van der Waals surface area contributed by atoms with Crippen molar-refractivity contribution in [3.05, 3.63) is 94.2 Å². The highest BCUT2D eigenvalue weighted by Crippen LogP contribution is 2.32. The molecule has 0 aliphatic carbocycles. The molecule has 0 saturated carbocycles. The Kier molecular flexibility index (Phi) is 5.14. The fraction of sp³-hybridized carbons (Fsp3) is 0.0526. The molecule has 120 valence electrons. The predicted molar refractivity (Wildman–Crippen MR) is 94.8 cm³/mol. The normalized spacial score (nSPS) is 11.8. The summed E-state index contributed by atoms with van der Waals surface area (Å²) in [5.74, 6) is 0.216. The van der Waals surface area contributed by atoms with E-state index in [4.69, 9.17) is 27.9 Å². The quantitative estimate of drug-likeness (QED) is 0.574. The summed E-state index contributed by atoms with van der Waals surface area (Å²) in [6, 6.07) is 17.4. The smallest absolute Gasteiger partial charge is 0.208 e. The summed E-state index contributed by atoms with van der Waals surface area (Å²) >= 11 is 12.1. The minimum absolute atomic E-state index is 0.172. The van der Waals surface area contributed by atoms with Crippen LogP contribution in [0.15, 0.2) is 73.1 Å². The average molecular weight is 358 g/mol. The minimum atomic E-state index is -0.847. The van der Waals surface area contributed by atoms with Gasteiger partial charge in [-0.3, -0.25) is 9.78 Å². The van der Waals surface area contributed by atoms with Gasteiger partial charge in [-0.05, 0) is 24.3 Å². The number of rotatable bonds is 5. The molecule has 0 N–H and O–H groups in total. The molecule has 1 heterocycles. The SMILES string of the molecule is O=C(c1ccccc1)C(Oc1ccc(Cl)cc1Cl)c1cccnc1. The highest BCUT2D eigenvalue weighted by Gasteiger charge is 2.25. The second-order valence-corrected chi connectivity index (χ2v) is 5.93. The monoisotopic (exact) mass is 357 g/mol. The van der Waals surface area contributed by atoms with Gasteiger partial charge in [-0.1, -0.05) is 59.6 Å². The van der Waals surface area contributed by atoms with E-state index in [1.54, 1.807) is 54.9 Å². The van der Waals surface area contributed by atoms with E-state index >= 15 is 0 Å². The summed E-state index contributed by atoms with van der Waals surface area (Å²) in [7, 11) is 0. The van der Waals surface area contributed by atoms with Crippen LogP contribution < -0.4 is 4.74 Å². The molecular formula is C19H13Cl2NO2. The Hall–Kier alpha value is -2.36. The lowest BCUT2D eigenvalue weighted by molar-refractivity contribution is 0.0792. The van der Waals surface area contributed by atoms with Crippen molar-refractivity contribution in [2.75, 3.05) is 0 Å². The van der Waals surface area contributed by atoms with Gasteiger partial charge >= 0.3 is 0 Å². The van der Waals surface area contributed by atoms with Gasteiger partial charge < -0.3 is 4.74 Å². The van der Waals surface area contributed by atoms with Crippen molar-refractivity contribution in [1.29, 1.82) is 0 Å². The van der Waals surface area contributed by atoms with Crippen LogP contribution in [0.2, 0.25) is 10.0 Å². The van der Waals surface area contributed by atoms with E-state index in [1.165, 1.54) is 0 Å². The Labute approximate surface area is 149 Å². The van der Waals surface area contributed by atoms with Gasteiger partial charge in [0, 0.05) is 28.5 Å². The van der Waals surface area contributed by atoms with Gasteiger partial charge in [-0.25, -0.2) is 0 Å². The third kappa shape index (κ3) is 3.75. The third-order valence-electron chi connectivity index (χ3n) is 3.42. The van der Waals surface area contributed by atoms with E-state index in [9.17, 15) is 4.79 Å². The molecule has 24 heavy (non-hydrogen) atoms. The molecule has 0 aliphatic rings. The fourth-order valence-electron chi connectivity index (χ4n) is 2.26. The highest BCUT2D eigenvalue weighted by molar-refractivity contribution is 6.35. The second-order valence-electron chi connectivity index (χ2n) is 5.09. The van der Waals surface area contributed by atoms with Crippen LogP contribution in [0, 0.1) is 0 Å². The number of carbonyl (C=O) groups is 1. The van der Waals surface area contributed by atoms with Gasteiger partial charge in [0.2, 0.25) is 5.78 Å². The molecule has 3 aromatic rings. The van der Waals surface area contributed by atoms with Crippen molar-refractivity contribution in [2.45, 2.75) is 6.10 Å². The molecule has 3 rings (SSSR count). The van der Waals surface area contributed by atoms with Crippen LogP contribution >= 0.6 is 23.2 Å². The number of ether oxygens (including phenoxy) is 1. The van der Waals surface area contributed by atoms with E-state index < -0.39 is 6.10 Å². The molecule has 2 aromatic carbocycles. The van der Waals surface area contributed by atoms with Crippen LogP contribution in [0.4, 0.5) is 0 Å². The lowest BCUT2D eigenvalue weighted by Gasteiger charge is -2.19. The summed E-state index contributed by atoms with van der Waals surface area (Å²) < 4.78 is 5.92. The van der Waals surface area contributed by atoms with Crippen LogP contribution in [0.25, 0.3) is 0 Å². The van der Waals surface area contributed by atoms with Gasteiger partial charge in [0.25, 0.3) is 0 Å². The molecule has 0 radical (unpaired) electrons. The lowest BCUT2D eigenvalue weighted by Crippen LogP contribution is -2.19. The van der Waals surface area contributed by atoms with Crippen molar-refractivity contribution in [3.8, 4) is 5.75 Å². The van der Waals surface area contributed by atoms with E-state index in [1.807, 2.05) is 18.2 Å². The maximum atomic E-state index is 12.9. The summed E-state index contributed by atoms with van der Waals surface area (Å²) in [6.45, 7) is 0. The molecule has 0 bridgehead atoms. The first-order valence-corrected chi connectivity index (χ1v) is 8.01. The van der Waals surface area contributed by atoms with E-state index in [0.29, 0.717) is 26.9 Å². The van der Waals surface area contributed by atoms with E-state index in [2.05, 4.69) is 4.98 Å². The summed E-state index contributed by atoms with van der Waals surface area (Å²) in [5.41, 5.74) is 1.20. The largest absolute Gasteiger partial charge is 0.476 e. The van der Waals surface area contributed by atoms with Gasteiger partial charge in [-0.15, -0.1) is 0 Å². The zero-order valence-electron chi connectivity index (χ0n) is 12.5. The molecule has 0 amide bonds. The van der Waals surface area contributed by atoms with Crippen molar-refractivity contribution in [1.82, 2.24) is 4.98 Å². The van der Waals surface area contributed by atoms with Crippen LogP contribution in [-0.2, 0) is 0 Å². The molecule has 0 fully saturated rings. The Bertz CT molecular complexity index is 839. The van der Waals surface area contributed by atoms with Gasteiger partial charge in [0.15, 0.2) is 6.10 Å². The molecule has 3 nitrogen and oxygen atoms in total. The second kappa shape index (κ2) is 7.47. The number of nitrogens with zero attached hydrogens (tertiary/aromatic N) is 1. The summed E-state index contributed by atoms with van der Waals surface area (Å²) in [4.78, 5) is 17.0. The van der Waals surface area contributed by atoms with Crippen LogP contribution in [0.1, 0.15) is 22.0 Å². The topological polar surface area (TPSA) is 39.2 Å². The molecule has 1 unspecified atom stereocenters. The predicted octanol–water partition coefficient (Wildman–Crippen LogP) is 5.39. The molecule has 0 spiro atoms. The maximum absolute atomic E-state index is 12.9. The summed E-state index contributed by atoms with van der Waals surface area (Å²) in [6.07, 6.45) is 2.40. The minimum Gasteiger partial charge on any atom is -0.476 e. The molecule has 0 aliphatic heterocycles. The Morgan fingerprint density at radius 1 is 1.00 bits per heavy atom. The zero-order chi connectivity index (χ0) is 16.9. The summed E-state index contributed by atoms with van der Waals surface area (Å²) in [5, 5.41) is 0.844. The van der Waals surface area contributed by atoms with Crippen LogP contribution in [0.3, 0.4) is 0 Å². The van der Waals surface area contributed by atoms with Crippen molar-refractivity contribution in [2.24, 2.45) is 0 Å². The lowest BCUT2D eigenvalue weighted by atomic mass is 10.0. The molecule has 5 heteroatoms. The average Bonchev–Trinajstić information content (AvgIpc) is 2.62. The van der Waals surface area contributed by atoms with Gasteiger partial charge in [0.1, 0.15) is 5.75 Å². The number of ketones is 1. The molecule has 0 saturated heterocycles. The number of benzene rings is 2. The highest BCUT2D eigenvalue weighted by atomic mass is 35.5. The number of halogens is 2. The van der Waals surface area contributed by atoms with Crippen LogP contribution in [-0.4, -0.2) is 10.8 Å². The number of carbonyl (C=O) groups excluding carboxylic acids is 1. The van der Waals surface area contributed by atoms with Crippen LogP contribution in [0.5, 0.6) is 5.75 Å². The number of Topliss-reactive ketones (excluding diaryl/α,β-unsaturated/α-hetero) is 1. The van der Waals surface area contributed by atoms with Crippen molar-refractivity contribution >= 4 is 29.0 Å². The third-order valence-corrected chi connectivity index (χ3v) is 3.95. The van der Waals surface area contributed by atoms with E-state index in [0.717, 1.165) is 0 Å². The van der Waals surface area contributed by atoms with Gasteiger partial charge in [0.05, 0.1) is 5.02 Å². The van der Waals surface area contributed by atoms with Crippen molar-refractivity contribution < 1.29 is 9.53 Å². The standard InChI is InChI=1S/C19H13Cl2NO2/c20-15-8-9-17(16(21)11-15)24-19(14-7-4-10-22-12-14)18(23)13-5-2-1-3-6-13/h1-12,19H. The zero-order valence-corrected chi connectivity index (χ0v) is 14.0.